The molecule has 0 saturated heterocycles. The van der Waals surface area contributed by atoms with E-state index >= 15 is 0 Å². The summed E-state index contributed by atoms with van der Waals surface area (Å²) in [5.74, 6) is 0.235. The Balaban J connectivity index is 1.58. The van der Waals surface area contributed by atoms with E-state index in [1.165, 1.54) is 0 Å². The third-order valence-electron chi connectivity index (χ3n) is 3.86. The minimum absolute atomic E-state index is 0.0598. The normalized spacial score (nSPS) is 11.1. The molecule has 7 heteroatoms. The molecule has 4 rings (SSSR count). The number of ether oxygens (including phenoxy) is 1. The van der Waals surface area contributed by atoms with E-state index in [1.54, 1.807) is 0 Å². The second kappa shape index (κ2) is 6.18. The summed E-state index contributed by atoms with van der Waals surface area (Å²) in [6.45, 7) is -0.0598. The van der Waals surface area contributed by atoms with Crippen molar-refractivity contribution in [3.63, 3.8) is 0 Å². The number of nitrogen functional groups attached to an aromatic ring is 1. The van der Waals surface area contributed by atoms with Crippen molar-refractivity contribution in [2.75, 3.05) is 5.73 Å². The van der Waals surface area contributed by atoms with Crippen molar-refractivity contribution in [3.8, 4) is 0 Å². The Bertz CT molecular complexity index is 1110. The molecular weight excluding hydrogens is 384 g/mol. The Morgan fingerprint density at radius 2 is 1.80 bits per heavy atom. The number of carbonyl (C=O) groups is 1. The van der Waals surface area contributed by atoms with Gasteiger partial charge in [-0.25, -0.2) is 14.8 Å². The van der Waals surface area contributed by atoms with Crippen LogP contribution >= 0.6 is 15.9 Å². The number of nitrogens with two attached hydrogens (primary N) is 1. The predicted molar refractivity (Wildman–Crippen MR) is 99.1 cm³/mol. The zero-order valence-electron chi connectivity index (χ0n) is 13.0. The van der Waals surface area contributed by atoms with Gasteiger partial charge in [0.05, 0.1) is 9.99 Å². The molecule has 2 aromatic carbocycles. The molecule has 124 valence electrons. The fraction of sp³-hybridized carbons (Fsp3) is 0.0556. The fourth-order valence-corrected chi connectivity index (χ4v) is 3.27. The van der Waals surface area contributed by atoms with Crippen molar-refractivity contribution >= 4 is 49.5 Å². The van der Waals surface area contributed by atoms with Crippen molar-refractivity contribution in [2.45, 2.75) is 6.61 Å². The van der Waals surface area contributed by atoms with E-state index in [0.29, 0.717) is 27.3 Å². The minimum Gasteiger partial charge on any atom is -0.453 e. The Kier molecular flexibility index (Phi) is 3.85. The number of para-hydroxylation sites is 2. The molecule has 0 saturated carbocycles. The van der Waals surface area contributed by atoms with E-state index in [-0.39, 0.29) is 6.61 Å². The molecule has 0 unspecified atom stereocenters. The molecule has 3 N–H and O–H groups in total. The summed E-state index contributed by atoms with van der Waals surface area (Å²) >= 11 is 3.44. The summed E-state index contributed by atoms with van der Waals surface area (Å²) in [4.78, 5) is 24.0. The second-order valence-corrected chi connectivity index (χ2v) is 6.27. The number of hydrogen-bond donors (Lipinski definition) is 2. The van der Waals surface area contributed by atoms with Crippen LogP contribution in [0, 0.1) is 0 Å². The number of H-pyrrole nitrogens is 1. The number of hydrogen-bond acceptors (Lipinski definition) is 5. The molecule has 25 heavy (non-hydrogen) atoms. The molecule has 2 aromatic heterocycles. The van der Waals surface area contributed by atoms with Gasteiger partial charge in [-0.3, -0.25) is 0 Å². The van der Waals surface area contributed by atoms with E-state index in [2.05, 4.69) is 30.9 Å². The molecule has 6 nitrogen and oxygen atoms in total. The number of anilines is 1. The summed E-state index contributed by atoms with van der Waals surface area (Å²) in [7, 11) is 0. The van der Waals surface area contributed by atoms with Crippen molar-refractivity contribution in [1.29, 1.82) is 0 Å². The molecule has 0 aliphatic heterocycles. The van der Waals surface area contributed by atoms with Crippen molar-refractivity contribution in [3.05, 3.63) is 64.5 Å². The quantitative estimate of drug-likeness (QED) is 0.513. The number of benzene rings is 2. The van der Waals surface area contributed by atoms with Crippen LogP contribution in [0.1, 0.15) is 16.3 Å². The summed E-state index contributed by atoms with van der Waals surface area (Å²) < 4.78 is 6.02. The number of nitrogens with one attached hydrogen (secondary N) is 1. The van der Waals surface area contributed by atoms with Crippen molar-refractivity contribution < 1.29 is 9.53 Å². The smallest absolute Gasteiger partial charge is 0.356 e. The monoisotopic (exact) mass is 396 g/mol. The first kappa shape index (κ1) is 15.6. The van der Waals surface area contributed by atoms with E-state index in [1.807, 2.05) is 48.5 Å². The van der Waals surface area contributed by atoms with Crippen LogP contribution in [0.5, 0.6) is 0 Å². The lowest BCUT2D eigenvalue weighted by atomic mass is 10.2. The van der Waals surface area contributed by atoms with Gasteiger partial charge in [-0.1, -0.05) is 30.3 Å². The maximum Gasteiger partial charge on any atom is 0.356 e. The van der Waals surface area contributed by atoms with Gasteiger partial charge >= 0.3 is 5.97 Å². The number of rotatable bonds is 3. The standard InChI is InChI=1S/C18H13BrN4O2/c19-15-10-5-1-3-7-12(10)22-16(15)18(24)25-9-14-21-13-8-4-2-6-11(13)17(20)23-14/h1-8,22H,9H2,(H2,20,21,23). The highest BCUT2D eigenvalue weighted by atomic mass is 79.9. The molecule has 0 radical (unpaired) electrons. The molecule has 0 spiro atoms. The topological polar surface area (TPSA) is 93.9 Å². The van der Waals surface area contributed by atoms with Crippen molar-refractivity contribution in [2.24, 2.45) is 0 Å². The number of fused-ring (bicyclic) bond motifs is 2. The molecule has 0 fully saturated rings. The van der Waals surface area contributed by atoms with Crippen LogP contribution in [0.4, 0.5) is 5.82 Å². The first-order valence-electron chi connectivity index (χ1n) is 7.58. The largest absolute Gasteiger partial charge is 0.453 e. The second-order valence-electron chi connectivity index (χ2n) is 5.48. The minimum atomic E-state index is -0.488. The first-order chi connectivity index (χ1) is 12.1. The van der Waals surface area contributed by atoms with Gasteiger partial charge in [0.15, 0.2) is 12.4 Å². The van der Waals surface area contributed by atoms with Gasteiger partial charge in [-0.05, 0) is 34.1 Å². The highest BCUT2D eigenvalue weighted by molar-refractivity contribution is 9.10. The number of esters is 1. The molecule has 0 atom stereocenters. The van der Waals surface area contributed by atoms with Crippen molar-refractivity contribution in [1.82, 2.24) is 15.0 Å². The van der Waals surface area contributed by atoms with Gasteiger partial charge in [0.2, 0.25) is 0 Å². The van der Waals surface area contributed by atoms with Gasteiger partial charge in [-0.2, -0.15) is 0 Å². The average Bonchev–Trinajstić information content (AvgIpc) is 2.97. The Morgan fingerprint density at radius 3 is 2.60 bits per heavy atom. The summed E-state index contributed by atoms with van der Waals surface area (Å²) in [5, 5.41) is 1.69. The zero-order valence-corrected chi connectivity index (χ0v) is 14.6. The molecule has 4 aromatic rings. The number of aromatic amines is 1. The Labute approximate surface area is 151 Å². The third-order valence-corrected chi connectivity index (χ3v) is 4.68. The maximum atomic E-state index is 12.4. The van der Waals surface area contributed by atoms with E-state index < -0.39 is 5.97 Å². The Hall–Kier alpha value is -2.93. The van der Waals surface area contributed by atoms with Crippen LogP contribution in [0.2, 0.25) is 0 Å². The van der Waals surface area contributed by atoms with Gasteiger partial charge in [0, 0.05) is 16.3 Å². The van der Waals surface area contributed by atoms with E-state index in [0.717, 1.165) is 16.3 Å². The number of halogens is 1. The highest BCUT2D eigenvalue weighted by Gasteiger charge is 2.18. The zero-order chi connectivity index (χ0) is 17.4. The molecule has 0 bridgehead atoms. The van der Waals surface area contributed by atoms with Crippen LogP contribution < -0.4 is 5.73 Å². The lowest BCUT2D eigenvalue weighted by Crippen LogP contribution is -2.09. The highest BCUT2D eigenvalue weighted by Crippen LogP contribution is 2.28. The van der Waals surface area contributed by atoms with E-state index in [9.17, 15) is 4.79 Å². The predicted octanol–water partition coefficient (Wildman–Crippen LogP) is 3.81. The molecule has 0 aliphatic carbocycles. The summed E-state index contributed by atoms with van der Waals surface area (Å²) in [5.41, 5.74) is 7.87. The van der Waals surface area contributed by atoms with Gasteiger partial charge in [0.25, 0.3) is 0 Å². The van der Waals surface area contributed by atoms with Crippen LogP contribution in [-0.2, 0) is 11.3 Å². The number of nitrogens with zero attached hydrogens (tertiary/aromatic N) is 2. The third kappa shape index (κ3) is 2.83. The molecule has 2 heterocycles. The van der Waals surface area contributed by atoms with Crippen LogP contribution in [0.3, 0.4) is 0 Å². The first-order valence-corrected chi connectivity index (χ1v) is 8.37. The molecular formula is C18H13BrN4O2. The summed E-state index contributed by atoms with van der Waals surface area (Å²) in [6.07, 6.45) is 0. The average molecular weight is 397 g/mol. The van der Waals surface area contributed by atoms with Gasteiger partial charge in [-0.15, -0.1) is 0 Å². The van der Waals surface area contributed by atoms with Gasteiger partial charge in [0.1, 0.15) is 11.5 Å². The van der Waals surface area contributed by atoms with Crippen LogP contribution in [0.25, 0.3) is 21.8 Å². The lowest BCUT2D eigenvalue weighted by molar-refractivity contribution is 0.0456. The van der Waals surface area contributed by atoms with Gasteiger partial charge < -0.3 is 15.5 Å². The molecule has 0 amide bonds. The van der Waals surface area contributed by atoms with Crippen LogP contribution in [-0.4, -0.2) is 20.9 Å². The number of carbonyl (C=O) groups excluding carboxylic acids is 1. The van der Waals surface area contributed by atoms with E-state index in [4.69, 9.17) is 10.5 Å². The summed E-state index contributed by atoms with van der Waals surface area (Å²) in [6, 6.07) is 15.0. The SMILES string of the molecule is Nc1nc(COC(=O)c2[nH]c3ccccc3c2Br)nc2ccccc12. The Morgan fingerprint density at radius 1 is 1.08 bits per heavy atom. The number of aromatic nitrogens is 3. The lowest BCUT2D eigenvalue weighted by Gasteiger charge is -2.06. The molecule has 0 aliphatic rings. The fourth-order valence-electron chi connectivity index (χ4n) is 2.67. The van der Waals surface area contributed by atoms with Crippen LogP contribution in [0.15, 0.2) is 53.0 Å². The maximum absolute atomic E-state index is 12.4.